The van der Waals surface area contributed by atoms with Crippen molar-refractivity contribution in [2.45, 2.75) is 38.1 Å². The summed E-state index contributed by atoms with van der Waals surface area (Å²) >= 11 is 0. The van der Waals surface area contributed by atoms with Gasteiger partial charge in [-0.2, -0.15) is 0 Å². The summed E-state index contributed by atoms with van der Waals surface area (Å²) < 4.78 is 23.6. The molecule has 0 radical (unpaired) electrons. The van der Waals surface area contributed by atoms with Crippen molar-refractivity contribution in [1.29, 1.82) is 5.41 Å². The number of sulfone groups is 1. The summed E-state index contributed by atoms with van der Waals surface area (Å²) in [6.07, 6.45) is 1.09. The van der Waals surface area contributed by atoms with Gasteiger partial charge in [0.25, 0.3) is 0 Å². The van der Waals surface area contributed by atoms with E-state index in [1.807, 2.05) is 20.8 Å². The number of aryl methyl sites for hydroxylation is 1. The summed E-state index contributed by atoms with van der Waals surface area (Å²) in [7, 11) is -3.45. The molecule has 2 amide bonds. The van der Waals surface area contributed by atoms with Gasteiger partial charge in [-0.05, 0) is 39.3 Å². The van der Waals surface area contributed by atoms with Gasteiger partial charge in [0.1, 0.15) is 0 Å². The Hall–Kier alpha value is -2.09. The molecule has 0 saturated carbocycles. The maximum absolute atomic E-state index is 11.8. The predicted octanol–water partition coefficient (Wildman–Crippen LogP) is 1.84. The average molecular weight is 326 g/mol. The Morgan fingerprint density at radius 3 is 2.32 bits per heavy atom. The van der Waals surface area contributed by atoms with Crippen molar-refractivity contribution in [1.82, 2.24) is 10.6 Å². The van der Waals surface area contributed by atoms with Crippen LogP contribution in [0.5, 0.6) is 0 Å². The Labute approximate surface area is 130 Å². The number of benzene rings is 1. The second-order valence-corrected chi connectivity index (χ2v) is 8.03. The summed E-state index contributed by atoms with van der Waals surface area (Å²) in [6, 6.07) is 4.26. The van der Waals surface area contributed by atoms with Crippen LogP contribution in [0.4, 0.5) is 10.5 Å². The van der Waals surface area contributed by atoms with Crippen molar-refractivity contribution in [3.8, 4) is 0 Å². The average Bonchev–Trinajstić information content (AvgIpc) is 2.27. The Bertz CT molecular complexity index is 691. The Kier molecular flexibility index (Phi) is 5.18. The highest BCUT2D eigenvalue weighted by molar-refractivity contribution is 7.90. The number of carbonyl (C=O) groups excluding carboxylic acids is 1. The first-order chi connectivity index (χ1) is 9.90. The molecule has 7 nitrogen and oxygen atoms in total. The summed E-state index contributed by atoms with van der Waals surface area (Å²) in [5.74, 6) is -0.305. The third-order valence-electron chi connectivity index (χ3n) is 2.61. The van der Waals surface area contributed by atoms with E-state index >= 15 is 0 Å². The zero-order valence-corrected chi connectivity index (χ0v) is 14.2. The van der Waals surface area contributed by atoms with Gasteiger partial charge in [-0.1, -0.05) is 12.1 Å². The van der Waals surface area contributed by atoms with Gasteiger partial charge in [0.2, 0.25) is 5.96 Å². The van der Waals surface area contributed by atoms with Crippen LogP contribution in [-0.4, -0.2) is 32.2 Å². The maximum Gasteiger partial charge on any atom is 0.321 e. The third-order valence-corrected chi connectivity index (χ3v) is 3.75. The number of rotatable bonds is 2. The Morgan fingerprint density at radius 1 is 1.23 bits per heavy atom. The molecule has 1 rings (SSSR count). The smallest absolute Gasteiger partial charge is 0.321 e. The number of amides is 2. The van der Waals surface area contributed by atoms with Gasteiger partial charge in [0.15, 0.2) is 9.84 Å². The molecule has 0 atom stereocenters. The van der Waals surface area contributed by atoms with E-state index in [-0.39, 0.29) is 16.5 Å². The van der Waals surface area contributed by atoms with E-state index in [1.165, 1.54) is 6.07 Å². The molecule has 122 valence electrons. The number of urea groups is 1. The van der Waals surface area contributed by atoms with Crippen molar-refractivity contribution in [2.24, 2.45) is 0 Å². The fourth-order valence-electron chi connectivity index (χ4n) is 1.75. The Balaban J connectivity index is 2.92. The van der Waals surface area contributed by atoms with Gasteiger partial charge < -0.3 is 10.6 Å². The van der Waals surface area contributed by atoms with Crippen LogP contribution in [-0.2, 0) is 9.84 Å². The van der Waals surface area contributed by atoms with Crippen LogP contribution in [0.2, 0.25) is 0 Å². The molecule has 0 heterocycles. The van der Waals surface area contributed by atoms with Gasteiger partial charge in [-0.25, -0.2) is 13.2 Å². The molecule has 0 aliphatic heterocycles. The molecule has 0 aromatic heterocycles. The molecule has 0 aliphatic carbocycles. The van der Waals surface area contributed by atoms with Gasteiger partial charge in [0, 0.05) is 11.8 Å². The van der Waals surface area contributed by atoms with Crippen LogP contribution in [0.15, 0.2) is 23.1 Å². The fraction of sp³-hybridized carbons (Fsp3) is 0.429. The van der Waals surface area contributed by atoms with Gasteiger partial charge in [0.05, 0.1) is 10.6 Å². The minimum atomic E-state index is -3.45. The van der Waals surface area contributed by atoms with Gasteiger partial charge >= 0.3 is 6.03 Å². The van der Waals surface area contributed by atoms with Crippen LogP contribution >= 0.6 is 0 Å². The first-order valence-corrected chi connectivity index (χ1v) is 8.54. The van der Waals surface area contributed by atoms with Crippen molar-refractivity contribution >= 4 is 27.5 Å². The molecule has 4 N–H and O–H groups in total. The zero-order valence-electron chi connectivity index (χ0n) is 13.4. The van der Waals surface area contributed by atoms with Crippen molar-refractivity contribution in [3.05, 3.63) is 23.8 Å². The number of para-hydroxylation sites is 1. The molecule has 0 spiro atoms. The molecule has 0 unspecified atom stereocenters. The van der Waals surface area contributed by atoms with Crippen LogP contribution in [0.3, 0.4) is 0 Å². The van der Waals surface area contributed by atoms with Crippen LogP contribution in [0.1, 0.15) is 26.3 Å². The minimum Gasteiger partial charge on any atom is -0.333 e. The highest BCUT2D eigenvalue weighted by Crippen LogP contribution is 2.24. The quantitative estimate of drug-likeness (QED) is 0.491. The first-order valence-electron chi connectivity index (χ1n) is 6.64. The van der Waals surface area contributed by atoms with Gasteiger partial charge in [-0.15, -0.1) is 0 Å². The number of anilines is 1. The lowest BCUT2D eigenvalue weighted by atomic mass is 10.1. The van der Waals surface area contributed by atoms with E-state index in [0.717, 1.165) is 6.26 Å². The topological polar surface area (TPSA) is 111 Å². The molecular weight excluding hydrogens is 304 g/mol. The summed E-state index contributed by atoms with van der Waals surface area (Å²) in [5, 5.41) is 15.4. The highest BCUT2D eigenvalue weighted by Gasteiger charge is 2.18. The lowest BCUT2D eigenvalue weighted by Gasteiger charge is -2.21. The van der Waals surface area contributed by atoms with Crippen molar-refractivity contribution < 1.29 is 13.2 Å². The molecule has 0 saturated heterocycles. The van der Waals surface area contributed by atoms with Crippen molar-refractivity contribution in [2.75, 3.05) is 11.6 Å². The van der Waals surface area contributed by atoms with Crippen LogP contribution in [0.25, 0.3) is 0 Å². The van der Waals surface area contributed by atoms with Crippen LogP contribution < -0.4 is 16.0 Å². The minimum absolute atomic E-state index is 0.0790. The van der Waals surface area contributed by atoms with E-state index in [0.29, 0.717) is 5.56 Å². The van der Waals surface area contributed by atoms with E-state index in [4.69, 9.17) is 5.41 Å². The summed E-state index contributed by atoms with van der Waals surface area (Å²) in [5.41, 5.74) is 0.502. The SMILES string of the molecule is Cc1cccc(S(C)(=O)=O)c1NC(=N)NC(=O)NC(C)(C)C. The molecule has 22 heavy (non-hydrogen) atoms. The fourth-order valence-corrected chi connectivity index (χ4v) is 2.66. The third kappa shape index (κ3) is 5.36. The van der Waals surface area contributed by atoms with Crippen molar-refractivity contribution in [3.63, 3.8) is 0 Å². The molecule has 0 fully saturated rings. The lowest BCUT2D eigenvalue weighted by Crippen LogP contribution is -2.49. The first kappa shape index (κ1) is 18.0. The summed E-state index contributed by atoms with van der Waals surface area (Å²) in [4.78, 5) is 11.8. The number of carbonyl (C=O) groups is 1. The van der Waals surface area contributed by atoms with E-state index in [2.05, 4.69) is 16.0 Å². The predicted molar refractivity (Wildman–Crippen MR) is 87.1 cm³/mol. The summed E-state index contributed by atoms with van der Waals surface area (Å²) in [6.45, 7) is 7.16. The Morgan fingerprint density at radius 2 is 1.82 bits per heavy atom. The number of nitrogens with one attached hydrogen (secondary N) is 4. The number of guanidine groups is 1. The zero-order chi connectivity index (χ0) is 17.1. The van der Waals surface area contributed by atoms with Crippen LogP contribution in [0, 0.1) is 12.3 Å². The monoisotopic (exact) mass is 326 g/mol. The molecule has 8 heteroatoms. The van der Waals surface area contributed by atoms with E-state index in [1.54, 1.807) is 19.1 Å². The second-order valence-electron chi connectivity index (χ2n) is 6.05. The van der Waals surface area contributed by atoms with E-state index < -0.39 is 21.4 Å². The highest BCUT2D eigenvalue weighted by atomic mass is 32.2. The second kappa shape index (κ2) is 6.35. The number of hydrogen-bond acceptors (Lipinski definition) is 4. The van der Waals surface area contributed by atoms with Gasteiger partial charge in [-0.3, -0.25) is 10.7 Å². The molecule has 1 aromatic rings. The molecule has 0 aliphatic rings. The lowest BCUT2D eigenvalue weighted by molar-refractivity contribution is 0.236. The standard InChI is InChI=1S/C14H22N4O3S/c1-9-7-6-8-10(22(5,20)21)11(9)16-12(15)17-13(19)18-14(2,3)4/h6-8H,1-5H3,(H4,15,16,17,18,19). The largest absolute Gasteiger partial charge is 0.333 e. The molecular formula is C14H22N4O3S. The molecule has 0 bridgehead atoms. The van der Waals surface area contributed by atoms with E-state index in [9.17, 15) is 13.2 Å². The normalized spacial score (nSPS) is 11.7. The molecule has 1 aromatic carbocycles. The maximum atomic E-state index is 11.8. The number of hydrogen-bond donors (Lipinski definition) is 4.